The first-order valence-corrected chi connectivity index (χ1v) is 12.2. The number of carbonyl (C=O) groups excluding carboxylic acids is 2. The Kier molecular flexibility index (Phi) is 6.97. The lowest BCUT2D eigenvalue weighted by Crippen LogP contribution is -2.43. The van der Waals surface area contributed by atoms with Crippen LogP contribution in [0.5, 0.6) is 0 Å². The van der Waals surface area contributed by atoms with E-state index in [0.29, 0.717) is 29.7 Å². The summed E-state index contributed by atoms with van der Waals surface area (Å²) in [4.78, 5) is 27.1. The summed E-state index contributed by atoms with van der Waals surface area (Å²) in [7, 11) is -0.630. The molecule has 0 bridgehead atoms. The minimum Gasteiger partial charge on any atom is -0.345 e. The standard InChI is InChI=1S/C23H28ClN3O4S/c1-14-11-15(2)21(16(3)12-14)32(30,31)27-10-6-7-20(27)22(28)25-17-8-9-19(24)18(13-17)23(29)26(4)5/h8-9,11-13,20H,6-7,10H2,1-5H3,(H,25,28). The molecule has 0 saturated carbocycles. The van der Waals surface area contributed by atoms with Crippen LogP contribution in [0.25, 0.3) is 0 Å². The van der Waals surface area contributed by atoms with Crippen LogP contribution < -0.4 is 5.32 Å². The van der Waals surface area contributed by atoms with Crippen LogP contribution in [-0.4, -0.2) is 56.1 Å². The van der Waals surface area contributed by atoms with Gasteiger partial charge in [0, 0.05) is 26.3 Å². The molecule has 172 valence electrons. The lowest BCUT2D eigenvalue weighted by Gasteiger charge is -2.25. The van der Waals surface area contributed by atoms with Crippen molar-refractivity contribution in [2.75, 3.05) is 26.0 Å². The summed E-state index contributed by atoms with van der Waals surface area (Å²) < 4.78 is 28.3. The van der Waals surface area contributed by atoms with Gasteiger partial charge in [-0.1, -0.05) is 29.3 Å². The molecule has 2 aromatic rings. The highest BCUT2D eigenvalue weighted by Crippen LogP contribution is 2.31. The van der Waals surface area contributed by atoms with Gasteiger partial charge < -0.3 is 10.2 Å². The molecule has 9 heteroatoms. The van der Waals surface area contributed by atoms with Crippen molar-refractivity contribution in [3.05, 3.63) is 57.6 Å². The average Bonchev–Trinajstić information content (AvgIpc) is 3.18. The van der Waals surface area contributed by atoms with Crippen molar-refractivity contribution >= 4 is 39.1 Å². The maximum atomic E-state index is 13.5. The zero-order valence-corrected chi connectivity index (χ0v) is 20.5. The molecule has 1 fully saturated rings. The number of carbonyl (C=O) groups is 2. The van der Waals surface area contributed by atoms with Crippen LogP contribution in [0.1, 0.15) is 39.9 Å². The number of nitrogens with one attached hydrogen (secondary N) is 1. The van der Waals surface area contributed by atoms with Gasteiger partial charge in [-0.05, 0) is 62.9 Å². The van der Waals surface area contributed by atoms with E-state index in [2.05, 4.69) is 5.32 Å². The normalized spacial score (nSPS) is 16.8. The fraction of sp³-hybridized carbons (Fsp3) is 0.391. The molecule has 1 N–H and O–H groups in total. The van der Waals surface area contributed by atoms with Crippen LogP contribution in [0, 0.1) is 20.8 Å². The van der Waals surface area contributed by atoms with E-state index in [1.165, 1.54) is 21.3 Å². The molecule has 7 nitrogen and oxygen atoms in total. The van der Waals surface area contributed by atoms with Gasteiger partial charge in [0.05, 0.1) is 15.5 Å². The number of aryl methyl sites for hydroxylation is 3. The number of benzene rings is 2. The summed E-state index contributed by atoms with van der Waals surface area (Å²) in [5.74, 6) is -0.722. The second-order valence-electron chi connectivity index (χ2n) is 8.39. The van der Waals surface area contributed by atoms with Crippen LogP contribution >= 0.6 is 11.6 Å². The van der Waals surface area contributed by atoms with Gasteiger partial charge in [-0.15, -0.1) is 0 Å². The highest BCUT2D eigenvalue weighted by atomic mass is 35.5. The minimum atomic E-state index is -3.85. The smallest absolute Gasteiger partial charge is 0.254 e. The molecule has 32 heavy (non-hydrogen) atoms. The first kappa shape index (κ1) is 24.2. The molecular formula is C23H28ClN3O4S. The summed E-state index contributed by atoms with van der Waals surface area (Å²) in [5.41, 5.74) is 2.96. The molecule has 2 aromatic carbocycles. The molecule has 0 spiro atoms. The number of nitrogens with zero attached hydrogens (tertiary/aromatic N) is 2. The number of hydrogen-bond acceptors (Lipinski definition) is 4. The van der Waals surface area contributed by atoms with Gasteiger partial charge in [0.2, 0.25) is 15.9 Å². The Morgan fingerprint density at radius 3 is 2.31 bits per heavy atom. The lowest BCUT2D eigenvalue weighted by molar-refractivity contribution is -0.119. The SMILES string of the molecule is Cc1cc(C)c(S(=O)(=O)N2CCCC2C(=O)Nc2ccc(Cl)c(C(=O)N(C)C)c2)c(C)c1. The molecule has 1 heterocycles. The third kappa shape index (κ3) is 4.67. The van der Waals surface area contributed by atoms with Crippen molar-refractivity contribution in [3.63, 3.8) is 0 Å². The van der Waals surface area contributed by atoms with Crippen molar-refractivity contribution in [2.24, 2.45) is 0 Å². The van der Waals surface area contributed by atoms with E-state index >= 15 is 0 Å². The maximum Gasteiger partial charge on any atom is 0.254 e. The summed E-state index contributed by atoms with van der Waals surface area (Å²) in [6.45, 7) is 5.74. The van der Waals surface area contributed by atoms with Crippen LogP contribution in [-0.2, 0) is 14.8 Å². The number of rotatable bonds is 5. The Hall–Kier alpha value is -2.42. The fourth-order valence-electron chi connectivity index (χ4n) is 4.21. The largest absolute Gasteiger partial charge is 0.345 e. The lowest BCUT2D eigenvalue weighted by atomic mass is 10.1. The number of anilines is 1. The van der Waals surface area contributed by atoms with E-state index in [0.717, 1.165) is 5.56 Å². The molecule has 1 aliphatic rings. The number of halogens is 1. The van der Waals surface area contributed by atoms with Crippen molar-refractivity contribution in [3.8, 4) is 0 Å². The van der Waals surface area contributed by atoms with E-state index < -0.39 is 22.0 Å². The van der Waals surface area contributed by atoms with Crippen LogP contribution in [0.2, 0.25) is 5.02 Å². The van der Waals surface area contributed by atoms with E-state index in [4.69, 9.17) is 11.6 Å². The molecule has 1 aliphatic heterocycles. The second kappa shape index (κ2) is 9.21. The molecule has 3 rings (SSSR count). The number of sulfonamides is 1. The average molecular weight is 478 g/mol. The van der Waals surface area contributed by atoms with E-state index in [1.54, 1.807) is 34.0 Å². The Labute approximate surface area is 194 Å². The van der Waals surface area contributed by atoms with Crippen molar-refractivity contribution < 1.29 is 18.0 Å². The van der Waals surface area contributed by atoms with Gasteiger partial charge in [-0.2, -0.15) is 4.31 Å². The van der Waals surface area contributed by atoms with Gasteiger partial charge in [-0.25, -0.2) is 8.42 Å². The molecular weight excluding hydrogens is 450 g/mol. The van der Waals surface area contributed by atoms with Gasteiger partial charge >= 0.3 is 0 Å². The monoisotopic (exact) mass is 477 g/mol. The zero-order valence-electron chi connectivity index (χ0n) is 18.9. The summed E-state index contributed by atoms with van der Waals surface area (Å²) in [6.07, 6.45) is 1.01. The topological polar surface area (TPSA) is 86.8 Å². The highest BCUT2D eigenvalue weighted by molar-refractivity contribution is 7.89. The van der Waals surface area contributed by atoms with Gasteiger partial charge in [0.25, 0.3) is 5.91 Å². The molecule has 0 aliphatic carbocycles. The van der Waals surface area contributed by atoms with Crippen LogP contribution in [0.15, 0.2) is 35.2 Å². The quantitative estimate of drug-likeness (QED) is 0.710. The maximum absolute atomic E-state index is 13.5. The van der Waals surface area contributed by atoms with Gasteiger partial charge in [0.1, 0.15) is 6.04 Å². The van der Waals surface area contributed by atoms with Crippen molar-refractivity contribution in [1.29, 1.82) is 0 Å². The predicted octanol–water partition coefficient (Wildman–Crippen LogP) is 3.76. The summed E-state index contributed by atoms with van der Waals surface area (Å²) >= 11 is 6.14. The van der Waals surface area contributed by atoms with Crippen molar-refractivity contribution in [1.82, 2.24) is 9.21 Å². The van der Waals surface area contributed by atoms with E-state index in [1.807, 2.05) is 19.1 Å². The Morgan fingerprint density at radius 2 is 1.72 bits per heavy atom. The van der Waals surface area contributed by atoms with Crippen LogP contribution in [0.4, 0.5) is 5.69 Å². The minimum absolute atomic E-state index is 0.258. The van der Waals surface area contributed by atoms with E-state index in [9.17, 15) is 18.0 Å². The highest BCUT2D eigenvalue weighted by Gasteiger charge is 2.40. The molecule has 0 aromatic heterocycles. The first-order chi connectivity index (χ1) is 14.9. The predicted molar refractivity (Wildman–Crippen MR) is 126 cm³/mol. The van der Waals surface area contributed by atoms with Gasteiger partial charge in [0.15, 0.2) is 0 Å². The number of amides is 2. The molecule has 2 amide bonds. The van der Waals surface area contributed by atoms with E-state index in [-0.39, 0.29) is 27.9 Å². The van der Waals surface area contributed by atoms with Gasteiger partial charge in [-0.3, -0.25) is 9.59 Å². The first-order valence-electron chi connectivity index (χ1n) is 10.3. The molecule has 1 atom stereocenters. The number of hydrogen-bond donors (Lipinski definition) is 1. The molecule has 1 unspecified atom stereocenters. The fourth-order valence-corrected chi connectivity index (χ4v) is 6.48. The third-order valence-electron chi connectivity index (χ3n) is 5.55. The Balaban J connectivity index is 1.88. The Bertz CT molecular complexity index is 1150. The molecule has 1 saturated heterocycles. The van der Waals surface area contributed by atoms with Crippen LogP contribution in [0.3, 0.4) is 0 Å². The molecule has 0 radical (unpaired) electrons. The summed E-state index contributed by atoms with van der Waals surface area (Å²) in [5, 5.41) is 3.04. The Morgan fingerprint density at radius 1 is 1.09 bits per heavy atom. The van der Waals surface area contributed by atoms with Crippen molar-refractivity contribution in [2.45, 2.75) is 44.6 Å². The third-order valence-corrected chi connectivity index (χ3v) is 8.09. The second-order valence-corrected chi connectivity index (χ2v) is 10.6. The summed E-state index contributed by atoms with van der Waals surface area (Å²) in [6, 6.07) is 7.48. The zero-order chi connectivity index (χ0) is 23.8.